The molecular formula is C23H28N4O. The van der Waals surface area contributed by atoms with Crippen LogP contribution < -0.4 is 0 Å². The van der Waals surface area contributed by atoms with Crippen LogP contribution >= 0.6 is 0 Å². The largest absolute Gasteiger partial charge is 0.362 e. The van der Waals surface area contributed by atoms with Gasteiger partial charge in [-0.2, -0.15) is 0 Å². The number of fused-ring (bicyclic) bond motifs is 2. The van der Waals surface area contributed by atoms with E-state index in [2.05, 4.69) is 76.9 Å². The van der Waals surface area contributed by atoms with Crippen molar-refractivity contribution in [3.63, 3.8) is 0 Å². The van der Waals surface area contributed by atoms with Gasteiger partial charge >= 0.3 is 0 Å². The van der Waals surface area contributed by atoms with E-state index in [9.17, 15) is 0 Å². The maximum absolute atomic E-state index is 6.76. The summed E-state index contributed by atoms with van der Waals surface area (Å²) < 4.78 is 11.2. The van der Waals surface area contributed by atoms with Crippen LogP contribution in [0.1, 0.15) is 35.9 Å². The molecule has 2 aromatic heterocycles. The summed E-state index contributed by atoms with van der Waals surface area (Å²) in [4.78, 5) is 7.47. The highest BCUT2D eigenvalue weighted by atomic mass is 16.5. The van der Waals surface area contributed by atoms with Crippen LogP contribution in [-0.4, -0.2) is 45.3 Å². The monoisotopic (exact) mass is 376 g/mol. The molecule has 2 aliphatic rings. The Kier molecular flexibility index (Phi) is 4.57. The molecule has 5 nitrogen and oxygen atoms in total. The summed E-state index contributed by atoms with van der Waals surface area (Å²) in [7, 11) is 4.26. The molecule has 3 aromatic rings. The lowest BCUT2D eigenvalue weighted by Gasteiger charge is -2.32. The van der Waals surface area contributed by atoms with Crippen molar-refractivity contribution in [3.05, 3.63) is 65.7 Å². The second-order valence-corrected chi connectivity index (χ2v) is 8.15. The molecule has 0 aliphatic carbocycles. The number of rotatable bonds is 3. The van der Waals surface area contributed by atoms with Crippen LogP contribution in [0, 0.1) is 0 Å². The fourth-order valence-corrected chi connectivity index (χ4v) is 4.51. The Hall–Kier alpha value is -2.37. The van der Waals surface area contributed by atoms with Gasteiger partial charge in [-0.1, -0.05) is 24.3 Å². The van der Waals surface area contributed by atoms with Gasteiger partial charge in [-0.15, -0.1) is 0 Å². The van der Waals surface area contributed by atoms with E-state index in [1.54, 1.807) is 0 Å². The average molecular weight is 377 g/mol. The van der Waals surface area contributed by atoms with E-state index in [4.69, 9.17) is 9.72 Å². The summed E-state index contributed by atoms with van der Waals surface area (Å²) in [6.45, 7) is 3.14. The Bertz CT molecular complexity index is 965. The molecule has 5 heteroatoms. The lowest BCUT2D eigenvalue weighted by Crippen LogP contribution is -2.35. The Balaban J connectivity index is 1.54. The SMILES string of the molecule is CN1CCC(OC2c3ccccc3CCn3cc(-c4cccn4C)nc32)CC1. The molecule has 0 bridgehead atoms. The van der Waals surface area contributed by atoms with Crippen molar-refractivity contribution in [1.29, 1.82) is 0 Å². The van der Waals surface area contributed by atoms with Gasteiger partial charge in [-0.3, -0.25) is 0 Å². The second kappa shape index (κ2) is 7.22. The van der Waals surface area contributed by atoms with Gasteiger partial charge in [0.25, 0.3) is 0 Å². The predicted molar refractivity (Wildman–Crippen MR) is 110 cm³/mol. The summed E-state index contributed by atoms with van der Waals surface area (Å²) >= 11 is 0. The molecule has 1 saturated heterocycles. The fraction of sp³-hybridized carbons (Fsp3) is 0.435. The van der Waals surface area contributed by atoms with Crippen molar-refractivity contribution in [2.45, 2.75) is 38.0 Å². The number of likely N-dealkylation sites (tertiary alicyclic amines) is 1. The van der Waals surface area contributed by atoms with Gasteiger partial charge in [0.1, 0.15) is 17.6 Å². The van der Waals surface area contributed by atoms with Gasteiger partial charge in [0.2, 0.25) is 0 Å². The first-order chi connectivity index (χ1) is 13.7. The summed E-state index contributed by atoms with van der Waals surface area (Å²) in [6, 6.07) is 12.9. The van der Waals surface area contributed by atoms with Gasteiger partial charge in [0.15, 0.2) is 0 Å². The number of benzene rings is 1. The van der Waals surface area contributed by atoms with Crippen molar-refractivity contribution in [1.82, 2.24) is 19.0 Å². The Morgan fingerprint density at radius 2 is 1.82 bits per heavy atom. The molecule has 1 atom stereocenters. The third-order valence-electron chi connectivity index (χ3n) is 6.20. The van der Waals surface area contributed by atoms with E-state index < -0.39 is 0 Å². The van der Waals surface area contributed by atoms with Gasteiger partial charge in [0, 0.05) is 39.1 Å². The van der Waals surface area contributed by atoms with Crippen LogP contribution in [0.2, 0.25) is 0 Å². The Morgan fingerprint density at radius 1 is 1.00 bits per heavy atom. The summed E-state index contributed by atoms with van der Waals surface area (Å²) in [5.74, 6) is 1.04. The van der Waals surface area contributed by atoms with E-state index in [1.807, 2.05) is 0 Å². The third kappa shape index (κ3) is 3.19. The molecule has 1 aromatic carbocycles. The molecule has 2 aliphatic heterocycles. The standard InChI is InChI=1S/C23H28N4O/c1-25-13-10-18(11-14-25)28-22-19-7-4-3-6-17(19)9-15-27-16-20(24-23(22)27)21-8-5-12-26(21)2/h3-8,12,16,18,22H,9-11,13-15H2,1-2H3. The zero-order valence-corrected chi connectivity index (χ0v) is 16.7. The highest BCUT2D eigenvalue weighted by Gasteiger charge is 2.30. The highest BCUT2D eigenvalue weighted by Crippen LogP contribution is 2.35. The topological polar surface area (TPSA) is 35.2 Å². The zero-order chi connectivity index (χ0) is 19.1. The number of nitrogens with zero attached hydrogens (tertiary/aromatic N) is 4. The molecule has 28 heavy (non-hydrogen) atoms. The lowest BCUT2D eigenvalue weighted by atomic mass is 10.00. The predicted octanol–water partition coefficient (Wildman–Crippen LogP) is 3.64. The normalized spacial score (nSPS) is 20.6. The molecule has 1 unspecified atom stereocenters. The highest BCUT2D eigenvalue weighted by molar-refractivity contribution is 5.55. The van der Waals surface area contributed by atoms with Crippen LogP contribution in [0.25, 0.3) is 11.4 Å². The van der Waals surface area contributed by atoms with Gasteiger partial charge < -0.3 is 18.8 Å². The van der Waals surface area contributed by atoms with Crippen LogP contribution in [0.5, 0.6) is 0 Å². The fourth-order valence-electron chi connectivity index (χ4n) is 4.51. The average Bonchev–Trinajstić information content (AvgIpc) is 3.29. The van der Waals surface area contributed by atoms with E-state index in [-0.39, 0.29) is 12.2 Å². The summed E-state index contributed by atoms with van der Waals surface area (Å²) in [5.41, 5.74) is 4.83. The second-order valence-electron chi connectivity index (χ2n) is 8.15. The van der Waals surface area contributed by atoms with Crippen LogP contribution in [0.15, 0.2) is 48.8 Å². The van der Waals surface area contributed by atoms with Gasteiger partial charge in [-0.25, -0.2) is 4.98 Å². The van der Waals surface area contributed by atoms with Crippen molar-refractivity contribution in [3.8, 4) is 11.4 Å². The van der Waals surface area contributed by atoms with Crippen LogP contribution in [0.4, 0.5) is 0 Å². The molecule has 0 spiro atoms. The molecule has 1 fully saturated rings. The maximum Gasteiger partial charge on any atom is 0.143 e. The number of hydrogen-bond acceptors (Lipinski definition) is 3. The summed E-state index contributed by atoms with van der Waals surface area (Å²) in [6.07, 6.45) is 7.64. The van der Waals surface area contributed by atoms with Crippen LogP contribution in [-0.2, 0) is 24.8 Å². The van der Waals surface area contributed by atoms with Crippen LogP contribution in [0.3, 0.4) is 0 Å². The van der Waals surface area contributed by atoms with E-state index in [1.165, 1.54) is 11.1 Å². The minimum atomic E-state index is -0.0962. The number of hydrogen-bond donors (Lipinski definition) is 0. The molecule has 5 rings (SSSR count). The number of piperidine rings is 1. The first-order valence-electron chi connectivity index (χ1n) is 10.3. The van der Waals surface area contributed by atoms with Gasteiger partial charge in [-0.05, 0) is 49.6 Å². The van der Waals surface area contributed by atoms with Crippen molar-refractivity contribution >= 4 is 0 Å². The minimum absolute atomic E-state index is 0.0962. The number of aryl methyl sites for hydroxylation is 3. The lowest BCUT2D eigenvalue weighted by molar-refractivity contribution is -0.0275. The zero-order valence-electron chi connectivity index (χ0n) is 16.7. The third-order valence-corrected chi connectivity index (χ3v) is 6.20. The molecule has 0 radical (unpaired) electrons. The Morgan fingerprint density at radius 3 is 2.61 bits per heavy atom. The van der Waals surface area contributed by atoms with Crippen molar-refractivity contribution in [2.24, 2.45) is 7.05 Å². The molecule has 146 valence electrons. The van der Waals surface area contributed by atoms with E-state index >= 15 is 0 Å². The molecule has 0 saturated carbocycles. The quantitative estimate of drug-likeness (QED) is 0.700. The van der Waals surface area contributed by atoms with Crippen molar-refractivity contribution < 1.29 is 4.74 Å². The number of imidazole rings is 1. The molecule has 0 N–H and O–H groups in total. The van der Waals surface area contributed by atoms with Crippen molar-refractivity contribution in [2.75, 3.05) is 20.1 Å². The number of ether oxygens (including phenoxy) is 1. The number of aromatic nitrogens is 3. The summed E-state index contributed by atoms with van der Waals surface area (Å²) in [5, 5.41) is 0. The maximum atomic E-state index is 6.76. The molecule has 4 heterocycles. The van der Waals surface area contributed by atoms with E-state index in [0.29, 0.717) is 0 Å². The first-order valence-corrected chi connectivity index (χ1v) is 10.3. The molecular weight excluding hydrogens is 348 g/mol. The smallest absolute Gasteiger partial charge is 0.143 e. The first kappa shape index (κ1) is 17.7. The van der Waals surface area contributed by atoms with E-state index in [0.717, 1.165) is 56.1 Å². The van der Waals surface area contributed by atoms with Gasteiger partial charge in [0.05, 0.1) is 11.8 Å². The Labute approximate surface area is 166 Å². The minimum Gasteiger partial charge on any atom is -0.362 e. The molecule has 0 amide bonds.